The summed E-state index contributed by atoms with van der Waals surface area (Å²) >= 11 is 0. The van der Waals surface area contributed by atoms with Gasteiger partial charge in [-0.2, -0.15) is 0 Å². The van der Waals surface area contributed by atoms with Gasteiger partial charge in [0.1, 0.15) is 0 Å². The molecule has 0 aliphatic carbocycles. The predicted molar refractivity (Wildman–Crippen MR) is 58.8 cm³/mol. The highest BCUT2D eigenvalue weighted by Crippen LogP contribution is 2.24. The first-order chi connectivity index (χ1) is 6.11. The molecule has 13 heavy (non-hydrogen) atoms. The van der Waals surface area contributed by atoms with Gasteiger partial charge in [-0.25, -0.2) is 0 Å². The lowest BCUT2D eigenvalue weighted by atomic mass is 10.1. The Balaban J connectivity index is 2.05. The third kappa shape index (κ3) is 3.95. The van der Waals surface area contributed by atoms with Crippen LogP contribution in [-0.4, -0.2) is 23.5 Å². The first-order valence-electron chi connectivity index (χ1n) is 5.52. The van der Waals surface area contributed by atoms with E-state index >= 15 is 0 Å². The maximum Gasteiger partial charge on any atom is 0.0261 e. The van der Waals surface area contributed by atoms with Crippen LogP contribution in [0.5, 0.6) is 0 Å². The van der Waals surface area contributed by atoms with Gasteiger partial charge in [0.15, 0.2) is 0 Å². The summed E-state index contributed by atoms with van der Waals surface area (Å²) in [7, 11) is 0. The largest absolute Gasteiger partial charge is 0.295 e. The van der Waals surface area contributed by atoms with E-state index in [1.165, 1.54) is 19.4 Å². The van der Waals surface area contributed by atoms with Crippen LogP contribution >= 0.6 is 0 Å². The predicted octanol–water partition coefficient (Wildman–Crippen LogP) is 3.07. The van der Waals surface area contributed by atoms with Gasteiger partial charge < -0.3 is 0 Å². The van der Waals surface area contributed by atoms with Gasteiger partial charge in [0, 0.05) is 18.6 Å². The lowest BCUT2D eigenvalue weighted by Gasteiger charge is -2.05. The van der Waals surface area contributed by atoms with E-state index in [9.17, 15) is 0 Å². The van der Waals surface area contributed by atoms with Crippen molar-refractivity contribution in [1.29, 1.82) is 0 Å². The molecular formula is C12H23N. The molecule has 1 aliphatic heterocycles. The SMILES string of the molecule is CC(C)C/C=C\CC1CN1C(C)C. The average molecular weight is 181 g/mol. The molecule has 1 rings (SSSR count). The normalized spacial score (nSPS) is 27.8. The highest BCUT2D eigenvalue weighted by atomic mass is 15.3. The number of allylic oxidation sites excluding steroid dienone is 1. The van der Waals surface area contributed by atoms with Crippen LogP contribution in [-0.2, 0) is 0 Å². The summed E-state index contributed by atoms with van der Waals surface area (Å²) in [5, 5.41) is 0. The minimum absolute atomic E-state index is 0.739. The van der Waals surface area contributed by atoms with E-state index < -0.39 is 0 Å². The fourth-order valence-electron chi connectivity index (χ4n) is 1.66. The van der Waals surface area contributed by atoms with Crippen molar-refractivity contribution >= 4 is 0 Å². The minimum atomic E-state index is 0.739. The minimum Gasteiger partial charge on any atom is -0.295 e. The summed E-state index contributed by atoms with van der Waals surface area (Å²) < 4.78 is 0. The lowest BCUT2D eigenvalue weighted by Crippen LogP contribution is -2.11. The van der Waals surface area contributed by atoms with Crippen LogP contribution in [0.1, 0.15) is 40.5 Å². The van der Waals surface area contributed by atoms with E-state index in [-0.39, 0.29) is 0 Å². The molecular weight excluding hydrogens is 158 g/mol. The first-order valence-corrected chi connectivity index (χ1v) is 5.52. The van der Waals surface area contributed by atoms with Gasteiger partial charge in [0.2, 0.25) is 0 Å². The highest BCUT2D eigenvalue weighted by Gasteiger charge is 2.34. The molecule has 1 heteroatoms. The molecule has 0 spiro atoms. The molecule has 1 fully saturated rings. The van der Waals surface area contributed by atoms with Crippen LogP contribution in [0.2, 0.25) is 0 Å². The van der Waals surface area contributed by atoms with E-state index in [0.717, 1.165) is 18.0 Å². The van der Waals surface area contributed by atoms with Crippen LogP contribution in [0.3, 0.4) is 0 Å². The molecule has 2 unspecified atom stereocenters. The molecule has 76 valence electrons. The van der Waals surface area contributed by atoms with Gasteiger partial charge in [0.25, 0.3) is 0 Å². The van der Waals surface area contributed by atoms with Crippen molar-refractivity contribution in [2.45, 2.75) is 52.6 Å². The highest BCUT2D eigenvalue weighted by molar-refractivity contribution is 4.98. The molecule has 0 aromatic carbocycles. The summed E-state index contributed by atoms with van der Waals surface area (Å²) in [6, 6.07) is 1.59. The summed E-state index contributed by atoms with van der Waals surface area (Å²) in [5.74, 6) is 0.802. The van der Waals surface area contributed by atoms with Crippen LogP contribution in [0, 0.1) is 5.92 Å². The number of nitrogens with zero attached hydrogens (tertiary/aromatic N) is 1. The zero-order valence-corrected chi connectivity index (χ0v) is 9.46. The fraction of sp³-hybridized carbons (Fsp3) is 0.833. The molecule has 2 atom stereocenters. The van der Waals surface area contributed by atoms with E-state index in [1.807, 2.05) is 0 Å². The second-order valence-corrected chi connectivity index (χ2v) is 4.78. The Morgan fingerprint density at radius 1 is 1.23 bits per heavy atom. The van der Waals surface area contributed by atoms with Crippen molar-refractivity contribution in [2.24, 2.45) is 5.92 Å². The third-order valence-corrected chi connectivity index (χ3v) is 2.60. The van der Waals surface area contributed by atoms with Gasteiger partial charge in [0.05, 0.1) is 0 Å². The Hall–Kier alpha value is -0.300. The molecule has 1 aliphatic rings. The molecule has 0 N–H and O–H groups in total. The third-order valence-electron chi connectivity index (χ3n) is 2.60. The molecule has 0 aromatic heterocycles. The molecule has 1 nitrogen and oxygen atoms in total. The number of hydrogen-bond donors (Lipinski definition) is 0. The lowest BCUT2D eigenvalue weighted by molar-refractivity contribution is 0.421. The first kappa shape index (κ1) is 10.8. The summed E-state index contributed by atoms with van der Waals surface area (Å²) in [5.41, 5.74) is 0. The van der Waals surface area contributed by atoms with Gasteiger partial charge in [-0.3, -0.25) is 4.90 Å². The maximum absolute atomic E-state index is 2.54. The van der Waals surface area contributed by atoms with Crippen molar-refractivity contribution in [3.8, 4) is 0 Å². The quantitative estimate of drug-likeness (QED) is 0.465. The molecule has 0 amide bonds. The van der Waals surface area contributed by atoms with Crippen LogP contribution in [0.25, 0.3) is 0 Å². The zero-order chi connectivity index (χ0) is 9.84. The number of hydrogen-bond acceptors (Lipinski definition) is 1. The standard InChI is InChI=1S/C12H23N/c1-10(2)7-5-6-8-12-9-13(12)11(3)4/h5-6,10-12H,7-9H2,1-4H3/b6-5-. The maximum atomic E-state index is 2.54. The van der Waals surface area contributed by atoms with Gasteiger partial charge in [-0.15, -0.1) is 0 Å². The zero-order valence-electron chi connectivity index (χ0n) is 9.46. The number of rotatable bonds is 5. The van der Waals surface area contributed by atoms with Crippen LogP contribution < -0.4 is 0 Å². The molecule has 0 saturated carbocycles. The fourth-order valence-corrected chi connectivity index (χ4v) is 1.66. The molecule has 0 aromatic rings. The van der Waals surface area contributed by atoms with Crippen LogP contribution in [0.15, 0.2) is 12.2 Å². The topological polar surface area (TPSA) is 3.01 Å². The van der Waals surface area contributed by atoms with Crippen molar-refractivity contribution in [1.82, 2.24) is 4.90 Å². The van der Waals surface area contributed by atoms with Crippen molar-refractivity contribution in [2.75, 3.05) is 6.54 Å². The Bertz CT molecular complexity index is 170. The van der Waals surface area contributed by atoms with E-state index in [2.05, 4.69) is 44.7 Å². The summed E-state index contributed by atoms with van der Waals surface area (Å²) in [6.45, 7) is 10.4. The Labute approximate surface area is 82.8 Å². The van der Waals surface area contributed by atoms with Gasteiger partial charge in [-0.1, -0.05) is 26.0 Å². The molecule has 1 saturated heterocycles. The molecule has 1 heterocycles. The molecule has 0 radical (unpaired) electrons. The van der Waals surface area contributed by atoms with E-state index in [1.54, 1.807) is 0 Å². The van der Waals surface area contributed by atoms with Gasteiger partial charge in [-0.05, 0) is 32.6 Å². The summed E-state index contributed by atoms with van der Waals surface area (Å²) in [6.07, 6.45) is 7.17. The van der Waals surface area contributed by atoms with Crippen molar-refractivity contribution < 1.29 is 0 Å². The Morgan fingerprint density at radius 2 is 1.92 bits per heavy atom. The second-order valence-electron chi connectivity index (χ2n) is 4.78. The Kier molecular flexibility index (Phi) is 3.98. The van der Waals surface area contributed by atoms with Crippen molar-refractivity contribution in [3.63, 3.8) is 0 Å². The Morgan fingerprint density at radius 3 is 2.38 bits per heavy atom. The monoisotopic (exact) mass is 181 g/mol. The van der Waals surface area contributed by atoms with Crippen molar-refractivity contribution in [3.05, 3.63) is 12.2 Å². The van der Waals surface area contributed by atoms with Gasteiger partial charge >= 0.3 is 0 Å². The second kappa shape index (κ2) is 4.80. The van der Waals surface area contributed by atoms with Crippen LogP contribution in [0.4, 0.5) is 0 Å². The van der Waals surface area contributed by atoms with E-state index in [0.29, 0.717) is 0 Å². The summed E-state index contributed by atoms with van der Waals surface area (Å²) in [4.78, 5) is 2.54. The molecule has 0 bridgehead atoms. The average Bonchev–Trinajstić information content (AvgIpc) is 2.76. The smallest absolute Gasteiger partial charge is 0.0261 e. The van der Waals surface area contributed by atoms with E-state index in [4.69, 9.17) is 0 Å².